The van der Waals surface area contributed by atoms with Gasteiger partial charge < -0.3 is 11.1 Å². The summed E-state index contributed by atoms with van der Waals surface area (Å²) in [5, 5.41) is 4.25. The number of piperidine rings is 1. The van der Waals surface area contributed by atoms with Gasteiger partial charge in [-0.1, -0.05) is 48.0 Å². The second kappa shape index (κ2) is 9.57. The predicted molar refractivity (Wildman–Crippen MR) is 121 cm³/mol. The van der Waals surface area contributed by atoms with E-state index >= 15 is 0 Å². The molecule has 1 aliphatic rings. The van der Waals surface area contributed by atoms with Crippen molar-refractivity contribution in [2.75, 3.05) is 18.8 Å². The van der Waals surface area contributed by atoms with Crippen LogP contribution in [0.1, 0.15) is 24.0 Å². The summed E-state index contributed by atoms with van der Waals surface area (Å²) in [4.78, 5) is 8.28. The van der Waals surface area contributed by atoms with Crippen LogP contribution in [0.25, 0.3) is 11.3 Å². The molecule has 0 aliphatic carbocycles. The van der Waals surface area contributed by atoms with Gasteiger partial charge in [0.1, 0.15) is 0 Å². The van der Waals surface area contributed by atoms with Crippen molar-refractivity contribution in [3.05, 3.63) is 76.9 Å². The van der Waals surface area contributed by atoms with Crippen LogP contribution < -0.4 is 11.1 Å². The van der Waals surface area contributed by atoms with Crippen molar-refractivity contribution in [1.29, 1.82) is 0 Å². The summed E-state index contributed by atoms with van der Waals surface area (Å²) in [7, 11) is 0. The zero-order valence-electron chi connectivity index (χ0n) is 15.3. The van der Waals surface area contributed by atoms with Crippen molar-refractivity contribution in [2.45, 2.75) is 18.3 Å². The maximum atomic E-state index is 6.11. The average molecular weight is 438 g/mol. The first-order chi connectivity index (χ1) is 12.7. The number of hydrogen-bond donors (Lipinski definition) is 2. The van der Waals surface area contributed by atoms with Crippen LogP contribution in [0, 0.1) is 0 Å². The van der Waals surface area contributed by atoms with Crippen LogP contribution in [0.3, 0.4) is 0 Å². The first kappa shape index (κ1) is 22.4. The number of aromatic nitrogens is 2. The van der Waals surface area contributed by atoms with Crippen LogP contribution in [-0.4, -0.2) is 23.1 Å². The number of nitrogens with one attached hydrogen (secondary N) is 1. The third kappa shape index (κ3) is 4.41. The molecule has 0 atom stereocenters. The molecule has 4 nitrogen and oxygen atoms in total. The van der Waals surface area contributed by atoms with Gasteiger partial charge in [-0.05, 0) is 55.3 Å². The van der Waals surface area contributed by atoms with Crippen LogP contribution in [0.2, 0.25) is 5.02 Å². The molecule has 0 amide bonds. The third-order valence-corrected chi connectivity index (χ3v) is 5.51. The number of nitrogens with zero attached hydrogens (tertiary/aromatic N) is 2. The lowest BCUT2D eigenvalue weighted by molar-refractivity contribution is 0.362. The van der Waals surface area contributed by atoms with Crippen molar-refractivity contribution in [1.82, 2.24) is 15.3 Å². The zero-order valence-corrected chi connectivity index (χ0v) is 17.7. The maximum absolute atomic E-state index is 6.11. The van der Waals surface area contributed by atoms with Crippen LogP contribution in [0.4, 0.5) is 5.95 Å². The first-order valence-electron chi connectivity index (χ1n) is 8.84. The van der Waals surface area contributed by atoms with Crippen molar-refractivity contribution < 1.29 is 0 Å². The Bertz CT molecular complexity index is 892. The molecule has 0 unspecified atom stereocenters. The molecule has 2 aromatic carbocycles. The fourth-order valence-electron chi connectivity index (χ4n) is 3.86. The lowest BCUT2D eigenvalue weighted by atomic mass is 9.68. The first-order valence-corrected chi connectivity index (χ1v) is 9.21. The second-order valence-corrected chi connectivity index (χ2v) is 7.15. The second-order valence-electron chi connectivity index (χ2n) is 6.72. The largest absolute Gasteiger partial charge is 0.368 e. The number of nitrogens with two attached hydrogens (primary N) is 1. The van der Waals surface area contributed by atoms with E-state index in [0.29, 0.717) is 5.95 Å². The van der Waals surface area contributed by atoms with Gasteiger partial charge in [-0.3, -0.25) is 0 Å². The van der Waals surface area contributed by atoms with Gasteiger partial charge in [0.15, 0.2) is 0 Å². The van der Waals surface area contributed by atoms with E-state index in [2.05, 4.69) is 51.7 Å². The number of anilines is 1. The number of benzene rings is 2. The number of halogens is 3. The van der Waals surface area contributed by atoms with Crippen molar-refractivity contribution in [3.63, 3.8) is 0 Å². The summed E-state index contributed by atoms with van der Waals surface area (Å²) in [6.45, 7) is 2.01. The summed E-state index contributed by atoms with van der Waals surface area (Å²) in [5.41, 5.74) is 10.3. The highest BCUT2D eigenvalue weighted by atomic mass is 35.5. The topological polar surface area (TPSA) is 63.8 Å². The molecular weight excluding hydrogens is 415 g/mol. The Kier molecular flexibility index (Phi) is 7.67. The highest BCUT2D eigenvalue weighted by molar-refractivity contribution is 6.30. The van der Waals surface area contributed by atoms with Gasteiger partial charge in [0, 0.05) is 22.2 Å². The molecule has 28 heavy (non-hydrogen) atoms. The van der Waals surface area contributed by atoms with Crippen LogP contribution in [0.5, 0.6) is 0 Å². The van der Waals surface area contributed by atoms with Gasteiger partial charge in [0.05, 0.1) is 5.69 Å². The van der Waals surface area contributed by atoms with E-state index in [1.165, 1.54) is 11.1 Å². The fourth-order valence-corrected chi connectivity index (χ4v) is 3.99. The molecule has 4 rings (SSSR count). The van der Waals surface area contributed by atoms with E-state index in [9.17, 15) is 0 Å². The molecule has 0 spiro atoms. The van der Waals surface area contributed by atoms with Crippen molar-refractivity contribution >= 4 is 42.4 Å². The van der Waals surface area contributed by atoms with E-state index in [-0.39, 0.29) is 30.2 Å². The molecule has 1 aliphatic heterocycles. The lowest BCUT2D eigenvalue weighted by Gasteiger charge is -2.39. The Morgan fingerprint density at radius 3 is 2.00 bits per heavy atom. The monoisotopic (exact) mass is 436 g/mol. The smallest absolute Gasteiger partial charge is 0.220 e. The highest BCUT2D eigenvalue weighted by Crippen LogP contribution is 2.41. The average Bonchev–Trinajstić information content (AvgIpc) is 2.69. The van der Waals surface area contributed by atoms with Gasteiger partial charge in [0.25, 0.3) is 0 Å². The molecule has 0 bridgehead atoms. The number of nitrogen functional groups attached to an aromatic ring is 1. The Hall–Kier alpha value is -1.85. The Morgan fingerprint density at radius 1 is 0.857 bits per heavy atom. The predicted octanol–water partition coefficient (Wildman–Crippen LogP) is 4.89. The number of rotatable bonds is 3. The molecule has 148 valence electrons. The van der Waals surface area contributed by atoms with Crippen LogP contribution >= 0.6 is 36.4 Å². The zero-order chi connectivity index (χ0) is 18.0. The van der Waals surface area contributed by atoms with E-state index in [4.69, 9.17) is 17.3 Å². The summed E-state index contributed by atoms with van der Waals surface area (Å²) in [6.07, 6.45) is 3.82. The van der Waals surface area contributed by atoms with E-state index in [1.54, 1.807) is 6.20 Å². The molecule has 1 aromatic heterocycles. The molecular formula is C21H23Cl3N4. The maximum Gasteiger partial charge on any atom is 0.220 e. The van der Waals surface area contributed by atoms with Gasteiger partial charge >= 0.3 is 0 Å². The Morgan fingerprint density at radius 2 is 1.43 bits per heavy atom. The SMILES string of the molecule is Cl.Cl.Nc1nccc(-c2ccc(C3(c4ccc(Cl)cc4)CCNCC3)cc2)n1. The van der Waals surface area contributed by atoms with Gasteiger partial charge in [0.2, 0.25) is 5.95 Å². The van der Waals surface area contributed by atoms with Gasteiger partial charge in [-0.25, -0.2) is 9.97 Å². The lowest BCUT2D eigenvalue weighted by Crippen LogP contribution is -2.40. The van der Waals surface area contributed by atoms with Crippen molar-refractivity contribution in [3.8, 4) is 11.3 Å². The molecule has 2 heterocycles. The third-order valence-electron chi connectivity index (χ3n) is 5.26. The summed E-state index contributed by atoms with van der Waals surface area (Å²) >= 11 is 6.11. The highest BCUT2D eigenvalue weighted by Gasteiger charge is 2.35. The molecule has 0 saturated carbocycles. The number of hydrogen-bond acceptors (Lipinski definition) is 4. The molecule has 3 N–H and O–H groups in total. The van der Waals surface area contributed by atoms with Crippen molar-refractivity contribution in [2.24, 2.45) is 0 Å². The van der Waals surface area contributed by atoms with Gasteiger partial charge in [-0.15, -0.1) is 24.8 Å². The summed E-state index contributed by atoms with van der Waals surface area (Å²) in [6, 6.07) is 18.8. The van der Waals surface area contributed by atoms with E-state index < -0.39 is 0 Å². The standard InChI is InChI=1S/C21H21ClN4.2ClH/c22-18-7-5-17(6-8-18)21(10-13-24-14-11-21)16-3-1-15(2-4-16)19-9-12-25-20(23)26-19;;/h1-9,12,24H,10-11,13-14H2,(H2,23,25,26);2*1H. The fraction of sp³-hybridized carbons (Fsp3) is 0.238. The summed E-state index contributed by atoms with van der Waals surface area (Å²) < 4.78 is 0. The van der Waals surface area contributed by atoms with Crippen LogP contribution in [0.15, 0.2) is 60.8 Å². The molecule has 0 radical (unpaired) electrons. The van der Waals surface area contributed by atoms with Gasteiger partial charge in [-0.2, -0.15) is 0 Å². The van der Waals surface area contributed by atoms with E-state index in [0.717, 1.165) is 42.2 Å². The molecule has 7 heteroatoms. The minimum atomic E-state index is 0. The quantitative estimate of drug-likeness (QED) is 0.612. The Labute approximate surface area is 182 Å². The molecule has 1 saturated heterocycles. The molecule has 3 aromatic rings. The van der Waals surface area contributed by atoms with Crippen LogP contribution in [-0.2, 0) is 5.41 Å². The minimum Gasteiger partial charge on any atom is -0.368 e. The summed E-state index contributed by atoms with van der Waals surface area (Å²) in [5.74, 6) is 0.294. The minimum absolute atomic E-state index is 0. The Balaban J connectivity index is 0.00000140. The normalized spacial score (nSPS) is 15.2. The van der Waals surface area contributed by atoms with E-state index in [1.807, 2.05) is 18.2 Å². The molecule has 1 fully saturated rings.